The molecular formula is C45H40N8O6S2. The van der Waals surface area contributed by atoms with E-state index >= 15 is 0 Å². The molecule has 0 aliphatic carbocycles. The molecule has 0 spiro atoms. The summed E-state index contributed by atoms with van der Waals surface area (Å²) >= 11 is 1.64. The van der Waals surface area contributed by atoms with Crippen molar-refractivity contribution in [3.05, 3.63) is 141 Å². The highest BCUT2D eigenvalue weighted by Crippen LogP contribution is 2.40. The number of amides is 1. The van der Waals surface area contributed by atoms with Crippen molar-refractivity contribution in [2.45, 2.75) is 51.6 Å². The van der Waals surface area contributed by atoms with Gasteiger partial charge in [-0.1, -0.05) is 48.5 Å². The summed E-state index contributed by atoms with van der Waals surface area (Å²) in [4.78, 5) is 35.3. The van der Waals surface area contributed by atoms with Crippen LogP contribution in [-0.2, 0) is 26.1 Å². The molecule has 1 aliphatic heterocycles. The molecule has 0 saturated carbocycles. The molecule has 308 valence electrons. The number of benzene rings is 4. The third-order valence-electron chi connectivity index (χ3n) is 10.9. The first-order chi connectivity index (χ1) is 29.3. The lowest BCUT2D eigenvalue weighted by molar-refractivity contribution is -0.141. The van der Waals surface area contributed by atoms with E-state index in [2.05, 4.69) is 45.1 Å². The van der Waals surface area contributed by atoms with Crippen LogP contribution in [0.5, 0.6) is 5.75 Å². The normalized spacial score (nSPS) is 13.4. The van der Waals surface area contributed by atoms with Crippen LogP contribution in [0.4, 0.5) is 5.69 Å². The molecule has 14 nitrogen and oxygen atoms in total. The van der Waals surface area contributed by atoms with Crippen molar-refractivity contribution in [2.24, 2.45) is 4.99 Å². The Morgan fingerprint density at radius 3 is 2.36 bits per heavy atom. The molecule has 61 heavy (non-hydrogen) atoms. The van der Waals surface area contributed by atoms with Crippen molar-refractivity contribution in [3.8, 4) is 27.9 Å². The molecule has 4 aromatic carbocycles. The van der Waals surface area contributed by atoms with E-state index in [1.54, 1.807) is 47.9 Å². The minimum Gasteiger partial charge on any atom is -0.496 e. The number of ether oxygens (including phenoxy) is 2. The summed E-state index contributed by atoms with van der Waals surface area (Å²) in [6.45, 7) is 8.03. The van der Waals surface area contributed by atoms with Crippen LogP contribution in [0, 0.1) is 39.0 Å². The fourth-order valence-corrected chi connectivity index (χ4v) is 9.79. The van der Waals surface area contributed by atoms with Gasteiger partial charge < -0.3 is 19.8 Å². The van der Waals surface area contributed by atoms with Gasteiger partial charge in [-0.2, -0.15) is 5.26 Å². The van der Waals surface area contributed by atoms with Crippen LogP contribution >= 0.6 is 11.3 Å². The number of nitrogens with zero attached hydrogens (tertiary/aromatic N) is 5. The number of hydrogen-bond acceptors (Lipinski definition) is 11. The summed E-state index contributed by atoms with van der Waals surface area (Å²) in [5.74, 6) is 0.911. The topological polar surface area (TPSA) is 193 Å². The monoisotopic (exact) mass is 852 g/mol. The SMILES string of the molecule is COC(=O)C[C@@H]1N=C(c2ccc(-c3ccc(C(=O)NCc4ccc(S(=O)(=O)Nc5ccc(C)c6c(C#N)c[nH]c56)cc4)c(OC)c3)cc2)c2c(sc(C)c2C)-n2c(C)nnc21. The number of rotatable bonds is 11. The van der Waals surface area contributed by atoms with Crippen molar-refractivity contribution >= 4 is 55.5 Å². The predicted molar refractivity (Wildman–Crippen MR) is 233 cm³/mol. The Morgan fingerprint density at radius 2 is 1.66 bits per heavy atom. The lowest BCUT2D eigenvalue weighted by Crippen LogP contribution is -2.23. The van der Waals surface area contributed by atoms with Crippen LogP contribution in [-0.4, -0.2) is 60.0 Å². The molecule has 16 heteroatoms. The summed E-state index contributed by atoms with van der Waals surface area (Å²) in [5, 5.41) is 22.7. The standard InChI is InChI=1S/C45H40N8O6S2/c1-24-7-18-35(42-39(24)32(21-46)23-47-42)52-61(56,57)33-15-8-28(9-16-33)22-48-44(55)34-17-14-31(19-37(34)58-5)29-10-12-30(13-11-29)41-40-25(2)26(3)60-45(40)53-27(4)50-51-43(53)36(49-41)20-38(54)59-6/h7-19,23,36,47,52H,20,22H2,1-6H3,(H,48,55)/t36-/m0/s1. The van der Waals surface area contributed by atoms with E-state index in [1.165, 1.54) is 26.4 Å². The van der Waals surface area contributed by atoms with Gasteiger partial charge in [-0.25, -0.2) is 8.42 Å². The van der Waals surface area contributed by atoms with E-state index in [0.717, 1.165) is 49.0 Å². The van der Waals surface area contributed by atoms with Gasteiger partial charge in [0.1, 0.15) is 28.7 Å². The van der Waals surface area contributed by atoms with E-state index in [9.17, 15) is 23.3 Å². The Morgan fingerprint density at radius 1 is 0.934 bits per heavy atom. The summed E-state index contributed by atoms with van der Waals surface area (Å²) in [5.41, 5.74) is 8.55. The average Bonchev–Trinajstić information content (AvgIpc) is 3.94. The molecule has 1 aliphatic rings. The zero-order valence-corrected chi connectivity index (χ0v) is 35.7. The zero-order chi connectivity index (χ0) is 43.2. The molecule has 1 atom stereocenters. The van der Waals surface area contributed by atoms with Gasteiger partial charge in [-0.05, 0) is 85.8 Å². The van der Waals surface area contributed by atoms with E-state index < -0.39 is 22.0 Å². The Bertz CT molecular complexity index is 3070. The molecule has 0 fully saturated rings. The van der Waals surface area contributed by atoms with Crippen molar-refractivity contribution in [1.29, 1.82) is 5.26 Å². The number of nitrogens with one attached hydrogen (secondary N) is 3. The van der Waals surface area contributed by atoms with E-state index in [4.69, 9.17) is 14.5 Å². The van der Waals surface area contributed by atoms with Gasteiger partial charge in [-0.3, -0.25) is 23.9 Å². The molecule has 0 radical (unpaired) electrons. The molecule has 7 aromatic rings. The number of anilines is 1. The van der Waals surface area contributed by atoms with E-state index in [0.29, 0.717) is 50.7 Å². The molecule has 0 unspecified atom stereocenters. The highest BCUT2D eigenvalue weighted by Gasteiger charge is 2.33. The van der Waals surface area contributed by atoms with Crippen LogP contribution in [0.15, 0.2) is 94.9 Å². The summed E-state index contributed by atoms with van der Waals surface area (Å²) < 4.78 is 42.0. The fourth-order valence-electron chi connectivity index (χ4n) is 7.51. The number of aryl methyl sites for hydroxylation is 3. The summed E-state index contributed by atoms with van der Waals surface area (Å²) in [7, 11) is -1.10. The smallest absolute Gasteiger partial charge is 0.308 e. The third-order valence-corrected chi connectivity index (χ3v) is 13.4. The third kappa shape index (κ3) is 7.53. The van der Waals surface area contributed by atoms with Gasteiger partial charge >= 0.3 is 5.97 Å². The molecule has 0 bridgehead atoms. The fraction of sp³-hybridized carbons (Fsp3) is 0.200. The van der Waals surface area contributed by atoms with Crippen molar-refractivity contribution in [1.82, 2.24) is 25.1 Å². The lowest BCUT2D eigenvalue weighted by Gasteiger charge is -2.13. The minimum absolute atomic E-state index is 0.0108. The first kappa shape index (κ1) is 40.7. The Hall–Kier alpha value is -7.09. The number of hydrogen-bond donors (Lipinski definition) is 3. The second-order valence-corrected chi connectivity index (χ2v) is 17.5. The molecule has 3 aromatic heterocycles. The number of sulfonamides is 1. The Balaban J connectivity index is 0.979. The number of fused-ring (bicyclic) bond motifs is 4. The maximum absolute atomic E-state index is 13.4. The van der Waals surface area contributed by atoms with Crippen molar-refractivity contribution < 1.29 is 27.5 Å². The molecule has 0 saturated heterocycles. The second-order valence-electron chi connectivity index (χ2n) is 14.6. The number of thiophene rings is 1. The minimum atomic E-state index is -3.96. The van der Waals surface area contributed by atoms with Crippen LogP contribution < -0.4 is 14.8 Å². The number of esters is 1. The predicted octanol–water partition coefficient (Wildman–Crippen LogP) is 7.78. The molecule has 1 amide bonds. The molecular weight excluding hydrogens is 813 g/mol. The molecule has 8 rings (SSSR count). The van der Waals surface area contributed by atoms with Gasteiger partial charge in [0, 0.05) is 34.1 Å². The van der Waals surface area contributed by atoms with Crippen LogP contribution in [0.2, 0.25) is 0 Å². The van der Waals surface area contributed by atoms with Crippen LogP contribution in [0.3, 0.4) is 0 Å². The van der Waals surface area contributed by atoms with Gasteiger partial charge in [0.2, 0.25) is 0 Å². The Kier molecular flexibility index (Phi) is 10.8. The summed E-state index contributed by atoms with van der Waals surface area (Å²) in [6, 6.07) is 24.5. The highest BCUT2D eigenvalue weighted by atomic mass is 32.2. The zero-order valence-electron chi connectivity index (χ0n) is 34.1. The van der Waals surface area contributed by atoms with Gasteiger partial charge in [0.15, 0.2) is 5.82 Å². The summed E-state index contributed by atoms with van der Waals surface area (Å²) in [6.07, 6.45) is 1.57. The largest absolute Gasteiger partial charge is 0.496 e. The highest BCUT2D eigenvalue weighted by molar-refractivity contribution is 7.92. The first-order valence-electron chi connectivity index (χ1n) is 19.2. The average molecular weight is 853 g/mol. The molecule has 4 heterocycles. The number of aromatic nitrogens is 4. The van der Waals surface area contributed by atoms with E-state index in [1.807, 2.05) is 54.8 Å². The quantitative estimate of drug-likeness (QED) is 0.109. The number of aliphatic imine (C=N–C) groups is 1. The number of aromatic amines is 1. The number of H-pyrrole nitrogens is 1. The van der Waals surface area contributed by atoms with E-state index in [-0.39, 0.29) is 23.8 Å². The molecule has 3 N–H and O–H groups in total. The first-order valence-corrected chi connectivity index (χ1v) is 21.5. The van der Waals surface area contributed by atoms with Crippen LogP contribution in [0.25, 0.3) is 27.0 Å². The second kappa shape index (κ2) is 16.2. The maximum atomic E-state index is 13.4. The van der Waals surface area contributed by atoms with Crippen molar-refractivity contribution in [3.63, 3.8) is 0 Å². The number of nitriles is 1. The van der Waals surface area contributed by atoms with Crippen LogP contribution in [0.1, 0.15) is 72.7 Å². The van der Waals surface area contributed by atoms with Gasteiger partial charge in [0.05, 0.1) is 53.6 Å². The number of methoxy groups -OCH3 is 2. The lowest BCUT2D eigenvalue weighted by atomic mass is 9.96. The number of carbonyl (C=O) groups excluding carboxylic acids is 2. The van der Waals surface area contributed by atoms with Gasteiger partial charge in [-0.15, -0.1) is 21.5 Å². The van der Waals surface area contributed by atoms with Gasteiger partial charge in [0.25, 0.3) is 15.9 Å². The Labute approximate surface area is 356 Å². The van der Waals surface area contributed by atoms with Crippen molar-refractivity contribution in [2.75, 3.05) is 18.9 Å². The number of carbonyl (C=O) groups is 2. The maximum Gasteiger partial charge on any atom is 0.308 e.